The van der Waals surface area contributed by atoms with E-state index >= 15 is 0 Å². The molecule has 84 valence electrons. The van der Waals surface area contributed by atoms with Crippen LogP contribution in [0.4, 0.5) is 8.78 Å². The second-order valence-electron chi connectivity index (χ2n) is 2.65. The van der Waals surface area contributed by atoms with E-state index in [-0.39, 0.29) is 5.56 Å². The lowest BCUT2D eigenvalue weighted by Crippen LogP contribution is -2.10. The summed E-state index contributed by atoms with van der Waals surface area (Å²) in [5.74, 6) is -1.03. The fourth-order valence-corrected chi connectivity index (χ4v) is 1.30. The predicted octanol–water partition coefficient (Wildman–Crippen LogP) is 2.33. The number of rotatable bonds is 2. The number of carbonyl (C=O) groups excluding carboxylic acids is 1. The van der Waals surface area contributed by atoms with Gasteiger partial charge in [0.15, 0.2) is 5.69 Å². The average molecular weight is 247 g/mol. The quantitative estimate of drug-likeness (QED) is 0.752. The zero-order valence-electron chi connectivity index (χ0n) is 8.00. The van der Waals surface area contributed by atoms with Crippen molar-refractivity contribution in [3.8, 4) is 6.07 Å². The van der Waals surface area contributed by atoms with Gasteiger partial charge in [0.25, 0.3) is 6.43 Å². The minimum atomic E-state index is -3.01. The molecule has 0 fully saturated rings. The molecule has 16 heavy (non-hydrogen) atoms. The van der Waals surface area contributed by atoms with Crippen LogP contribution in [0.15, 0.2) is 6.20 Å². The molecule has 0 unspecified atom stereocenters. The smallest absolute Gasteiger partial charge is 0.357 e. The van der Waals surface area contributed by atoms with E-state index < -0.39 is 28.7 Å². The van der Waals surface area contributed by atoms with E-state index in [9.17, 15) is 13.6 Å². The average Bonchev–Trinajstić information content (AvgIpc) is 2.26. The molecule has 7 heteroatoms. The fourth-order valence-electron chi connectivity index (χ4n) is 1.04. The Balaban J connectivity index is 3.48. The highest BCUT2D eigenvalue weighted by atomic mass is 35.5. The summed E-state index contributed by atoms with van der Waals surface area (Å²) < 4.78 is 29.6. The summed E-state index contributed by atoms with van der Waals surface area (Å²) in [5.41, 5.74) is -1.58. The number of methoxy groups -OCH3 is 1. The number of esters is 1. The number of aromatic nitrogens is 1. The first-order valence-corrected chi connectivity index (χ1v) is 4.35. The van der Waals surface area contributed by atoms with E-state index in [1.54, 1.807) is 6.07 Å². The molecule has 0 amide bonds. The lowest BCUT2D eigenvalue weighted by atomic mass is 10.1. The van der Waals surface area contributed by atoms with Gasteiger partial charge >= 0.3 is 5.97 Å². The van der Waals surface area contributed by atoms with E-state index in [1.807, 2.05) is 0 Å². The number of carbonyl (C=O) groups is 1. The highest BCUT2D eigenvalue weighted by molar-refractivity contribution is 6.32. The zero-order valence-corrected chi connectivity index (χ0v) is 8.76. The van der Waals surface area contributed by atoms with Gasteiger partial charge in [0.2, 0.25) is 0 Å². The molecule has 0 aliphatic heterocycles. The summed E-state index contributed by atoms with van der Waals surface area (Å²) >= 11 is 5.56. The monoisotopic (exact) mass is 246 g/mol. The van der Waals surface area contributed by atoms with Crippen LogP contribution in [0.3, 0.4) is 0 Å². The first-order chi connectivity index (χ1) is 7.52. The van der Waals surface area contributed by atoms with Crippen molar-refractivity contribution < 1.29 is 18.3 Å². The molecule has 0 N–H and O–H groups in total. The molecular formula is C9H5ClF2N2O2. The topological polar surface area (TPSA) is 63.0 Å². The fraction of sp³-hybridized carbons (Fsp3) is 0.222. The van der Waals surface area contributed by atoms with Crippen LogP contribution in [-0.2, 0) is 4.74 Å². The second-order valence-corrected chi connectivity index (χ2v) is 3.03. The number of hydrogen-bond acceptors (Lipinski definition) is 4. The molecule has 1 aromatic heterocycles. The highest BCUT2D eigenvalue weighted by Gasteiger charge is 2.25. The second kappa shape index (κ2) is 4.86. The highest BCUT2D eigenvalue weighted by Crippen LogP contribution is 2.31. The predicted molar refractivity (Wildman–Crippen MR) is 50.3 cm³/mol. The van der Waals surface area contributed by atoms with Gasteiger partial charge in [-0.2, -0.15) is 5.26 Å². The van der Waals surface area contributed by atoms with Gasteiger partial charge < -0.3 is 4.74 Å². The van der Waals surface area contributed by atoms with Gasteiger partial charge in [-0.1, -0.05) is 11.6 Å². The molecule has 0 saturated carbocycles. The van der Waals surface area contributed by atoms with E-state index in [1.165, 1.54) is 0 Å². The van der Waals surface area contributed by atoms with Crippen molar-refractivity contribution in [2.45, 2.75) is 6.43 Å². The molecule has 1 heterocycles. The summed E-state index contributed by atoms with van der Waals surface area (Å²) in [6.45, 7) is 0. The number of pyridine rings is 1. The van der Waals surface area contributed by atoms with Crippen LogP contribution in [0, 0.1) is 11.3 Å². The van der Waals surface area contributed by atoms with E-state index in [0.717, 1.165) is 13.3 Å². The standard InChI is InChI=1S/C9H5ClF2N2O2/c1-16-9(15)7-5(8(11)12)6(10)4(2-13)3-14-7/h3,8H,1H3. The molecule has 0 aromatic carbocycles. The van der Waals surface area contributed by atoms with E-state index in [2.05, 4.69) is 9.72 Å². The van der Waals surface area contributed by atoms with Gasteiger partial charge in [-0.15, -0.1) is 0 Å². The Hall–Kier alpha value is -1.74. The molecule has 0 aliphatic carbocycles. The van der Waals surface area contributed by atoms with Crippen LogP contribution in [-0.4, -0.2) is 18.1 Å². The Morgan fingerprint density at radius 2 is 2.31 bits per heavy atom. The summed E-state index contributed by atoms with van der Waals surface area (Å²) in [4.78, 5) is 14.6. The van der Waals surface area contributed by atoms with Gasteiger partial charge in [-0.25, -0.2) is 18.6 Å². The van der Waals surface area contributed by atoms with Crippen LogP contribution in [0.5, 0.6) is 0 Å². The molecule has 4 nitrogen and oxygen atoms in total. The van der Waals surface area contributed by atoms with Crippen LogP contribution in [0.25, 0.3) is 0 Å². The number of hydrogen-bond donors (Lipinski definition) is 0. The van der Waals surface area contributed by atoms with E-state index in [0.29, 0.717) is 0 Å². The summed E-state index contributed by atoms with van der Waals surface area (Å²) in [7, 11) is 1.03. The van der Waals surface area contributed by atoms with Gasteiger partial charge in [-0.3, -0.25) is 0 Å². The SMILES string of the molecule is COC(=O)c1ncc(C#N)c(Cl)c1C(F)F. The summed E-state index contributed by atoms with van der Waals surface area (Å²) in [6.07, 6.45) is -2.07. The summed E-state index contributed by atoms with van der Waals surface area (Å²) in [6, 6.07) is 1.59. The Morgan fingerprint density at radius 1 is 1.69 bits per heavy atom. The molecule has 0 radical (unpaired) electrons. The lowest BCUT2D eigenvalue weighted by Gasteiger charge is -2.08. The minimum absolute atomic E-state index is 0.218. The van der Waals surface area contributed by atoms with Gasteiger partial charge in [0.1, 0.15) is 6.07 Å². The molecule has 1 rings (SSSR count). The molecule has 0 saturated heterocycles. The molecule has 0 aliphatic rings. The minimum Gasteiger partial charge on any atom is -0.464 e. The number of alkyl halides is 2. The number of ether oxygens (including phenoxy) is 1. The first-order valence-electron chi connectivity index (χ1n) is 3.97. The van der Waals surface area contributed by atoms with Crippen molar-refractivity contribution in [2.75, 3.05) is 7.11 Å². The van der Waals surface area contributed by atoms with Crippen molar-refractivity contribution in [1.29, 1.82) is 5.26 Å². The molecule has 1 aromatic rings. The number of nitrogens with zero attached hydrogens (tertiary/aromatic N) is 2. The van der Waals surface area contributed by atoms with Gasteiger partial charge in [-0.05, 0) is 0 Å². The Kier molecular flexibility index (Phi) is 3.74. The van der Waals surface area contributed by atoms with Crippen molar-refractivity contribution >= 4 is 17.6 Å². The van der Waals surface area contributed by atoms with Crippen LogP contribution in [0.1, 0.15) is 28.0 Å². The van der Waals surface area contributed by atoms with Crippen LogP contribution in [0.2, 0.25) is 5.02 Å². The Labute approximate surface area is 94.4 Å². The van der Waals surface area contributed by atoms with Crippen molar-refractivity contribution in [3.05, 3.63) is 28.0 Å². The number of nitriles is 1. The largest absolute Gasteiger partial charge is 0.464 e. The van der Waals surface area contributed by atoms with Gasteiger partial charge in [0, 0.05) is 6.20 Å². The third-order valence-corrected chi connectivity index (χ3v) is 2.18. The summed E-state index contributed by atoms with van der Waals surface area (Å²) in [5, 5.41) is 8.10. The van der Waals surface area contributed by atoms with Crippen LogP contribution >= 0.6 is 11.6 Å². The van der Waals surface area contributed by atoms with Crippen LogP contribution < -0.4 is 0 Å². The van der Waals surface area contributed by atoms with Crippen molar-refractivity contribution in [1.82, 2.24) is 4.98 Å². The Morgan fingerprint density at radius 3 is 2.75 bits per heavy atom. The third kappa shape index (κ3) is 2.09. The van der Waals surface area contributed by atoms with E-state index in [4.69, 9.17) is 16.9 Å². The Bertz CT molecular complexity index is 471. The molecule has 0 bridgehead atoms. The molecule has 0 spiro atoms. The number of halogens is 3. The zero-order chi connectivity index (χ0) is 12.3. The maximum absolute atomic E-state index is 12.7. The van der Waals surface area contributed by atoms with Crippen molar-refractivity contribution in [2.24, 2.45) is 0 Å². The first kappa shape index (κ1) is 12.3. The van der Waals surface area contributed by atoms with Crippen molar-refractivity contribution in [3.63, 3.8) is 0 Å². The molecular weight excluding hydrogens is 242 g/mol. The third-order valence-electron chi connectivity index (χ3n) is 1.77. The normalized spacial score (nSPS) is 10.0. The molecule has 0 atom stereocenters. The maximum atomic E-state index is 12.7. The lowest BCUT2D eigenvalue weighted by molar-refractivity contribution is 0.0581. The maximum Gasteiger partial charge on any atom is 0.357 e. The van der Waals surface area contributed by atoms with Gasteiger partial charge in [0.05, 0.1) is 23.3 Å².